The third-order valence-corrected chi connectivity index (χ3v) is 3.82. The number of nitrogens with one attached hydrogen (secondary N) is 2. The smallest absolute Gasteiger partial charge is 0.226 e. The predicted octanol–water partition coefficient (Wildman–Crippen LogP) is 4.74. The van der Waals surface area contributed by atoms with Crippen molar-refractivity contribution in [3.63, 3.8) is 0 Å². The van der Waals surface area contributed by atoms with Crippen molar-refractivity contribution in [2.75, 3.05) is 17.2 Å². The molecule has 0 atom stereocenters. The molecule has 0 saturated heterocycles. The second-order valence-corrected chi connectivity index (χ2v) is 5.43. The summed E-state index contributed by atoms with van der Waals surface area (Å²) in [6, 6.07) is 12.8. The molecule has 0 bridgehead atoms. The van der Waals surface area contributed by atoms with E-state index in [4.69, 9.17) is 23.2 Å². The molecule has 2 aromatic rings. The van der Waals surface area contributed by atoms with Gasteiger partial charge in [-0.2, -0.15) is 0 Å². The van der Waals surface area contributed by atoms with Gasteiger partial charge in [0.25, 0.3) is 0 Å². The lowest BCUT2D eigenvalue weighted by Crippen LogP contribution is -2.16. The van der Waals surface area contributed by atoms with E-state index in [1.54, 1.807) is 12.1 Å². The quantitative estimate of drug-likeness (QED) is 0.834. The summed E-state index contributed by atoms with van der Waals surface area (Å²) in [5.41, 5.74) is 2.54. The maximum absolute atomic E-state index is 11.9. The van der Waals surface area contributed by atoms with Gasteiger partial charge in [-0.25, -0.2) is 0 Å². The maximum atomic E-state index is 11.9. The molecule has 2 aromatic carbocycles. The van der Waals surface area contributed by atoms with Gasteiger partial charge < -0.3 is 10.6 Å². The van der Waals surface area contributed by atoms with Crippen LogP contribution in [-0.2, 0) is 4.79 Å². The van der Waals surface area contributed by atoms with Crippen molar-refractivity contribution in [1.82, 2.24) is 0 Å². The van der Waals surface area contributed by atoms with Crippen molar-refractivity contribution in [3.8, 4) is 0 Å². The lowest BCUT2D eigenvalue weighted by molar-refractivity contribution is -0.115. The van der Waals surface area contributed by atoms with Gasteiger partial charge in [0.05, 0.1) is 10.7 Å². The van der Waals surface area contributed by atoms with Crippen LogP contribution in [0, 0.1) is 6.92 Å². The number of benzene rings is 2. The Morgan fingerprint density at radius 2 is 1.67 bits per heavy atom. The van der Waals surface area contributed by atoms with Crippen molar-refractivity contribution in [3.05, 3.63) is 58.1 Å². The van der Waals surface area contributed by atoms with Gasteiger partial charge in [0.15, 0.2) is 0 Å². The largest absolute Gasteiger partial charge is 0.384 e. The molecule has 2 N–H and O–H groups in total. The van der Waals surface area contributed by atoms with Crippen LogP contribution < -0.4 is 10.6 Å². The Balaban J connectivity index is 1.85. The van der Waals surface area contributed by atoms with E-state index in [2.05, 4.69) is 10.6 Å². The fourth-order valence-corrected chi connectivity index (χ4v) is 2.24. The van der Waals surface area contributed by atoms with Crippen LogP contribution in [0.1, 0.15) is 12.0 Å². The minimum absolute atomic E-state index is 0.0877. The number of para-hydroxylation sites is 1. The summed E-state index contributed by atoms with van der Waals surface area (Å²) in [6.45, 7) is 2.46. The van der Waals surface area contributed by atoms with E-state index in [0.29, 0.717) is 28.7 Å². The molecular weight excluding hydrogens is 307 g/mol. The lowest BCUT2D eigenvalue weighted by Gasteiger charge is -2.11. The molecule has 0 spiro atoms. The third kappa shape index (κ3) is 4.38. The first-order chi connectivity index (χ1) is 10.1. The molecule has 21 heavy (non-hydrogen) atoms. The fraction of sp³-hybridized carbons (Fsp3) is 0.188. The second kappa shape index (κ2) is 7.34. The van der Waals surface area contributed by atoms with Gasteiger partial charge in [-0.15, -0.1) is 0 Å². The van der Waals surface area contributed by atoms with E-state index in [9.17, 15) is 4.79 Å². The van der Waals surface area contributed by atoms with Crippen molar-refractivity contribution in [1.29, 1.82) is 0 Å². The highest BCUT2D eigenvalue weighted by Crippen LogP contribution is 2.23. The zero-order valence-electron chi connectivity index (χ0n) is 11.6. The van der Waals surface area contributed by atoms with Gasteiger partial charge in [0, 0.05) is 23.7 Å². The van der Waals surface area contributed by atoms with E-state index in [1.807, 2.05) is 37.3 Å². The Bertz CT molecular complexity index is 644. The van der Waals surface area contributed by atoms with E-state index in [0.717, 1.165) is 11.3 Å². The number of rotatable bonds is 5. The van der Waals surface area contributed by atoms with Crippen molar-refractivity contribution in [2.45, 2.75) is 13.3 Å². The van der Waals surface area contributed by atoms with Crippen LogP contribution in [0.4, 0.5) is 11.4 Å². The van der Waals surface area contributed by atoms with Crippen LogP contribution >= 0.6 is 23.2 Å². The third-order valence-electron chi connectivity index (χ3n) is 3.08. The number of carbonyl (C=O) groups excluding carboxylic acids is 1. The number of carbonyl (C=O) groups is 1. The van der Waals surface area contributed by atoms with E-state index >= 15 is 0 Å². The average Bonchev–Trinajstić information content (AvgIpc) is 2.46. The Morgan fingerprint density at radius 3 is 2.43 bits per heavy atom. The molecule has 0 aliphatic heterocycles. The highest BCUT2D eigenvalue weighted by molar-refractivity contribution is 6.33. The zero-order valence-corrected chi connectivity index (χ0v) is 13.1. The van der Waals surface area contributed by atoms with Crippen molar-refractivity contribution >= 4 is 40.5 Å². The number of hydrogen-bond donors (Lipinski definition) is 2. The first-order valence-corrected chi connectivity index (χ1v) is 7.37. The normalized spacial score (nSPS) is 10.2. The minimum Gasteiger partial charge on any atom is -0.384 e. The Morgan fingerprint density at radius 1 is 1.00 bits per heavy atom. The lowest BCUT2D eigenvalue weighted by atomic mass is 10.2. The van der Waals surface area contributed by atoms with Gasteiger partial charge >= 0.3 is 0 Å². The van der Waals surface area contributed by atoms with Crippen LogP contribution in [0.25, 0.3) is 0 Å². The summed E-state index contributed by atoms with van der Waals surface area (Å²) in [6.07, 6.45) is 0.344. The molecule has 1 amide bonds. The number of amides is 1. The van der Waals surface area contributed by atoms with Gasteiger partial charge in [-0.3, -0.25) is 4.79 Å². The molecule has 110 valence electrons. The van der Waals surface area contributed by atoms with Gasteiger partial charge in [-0.05, 0) is 36.8 Å². The number of halogens is 2. The van der Waals surface area contributed by atoms with Gasteiger partial charge in [0.1, 0.15) is 0 Å². The number of anilines is 2. The molecule has 0 aliphatic carbocycles. The Kier molecular flexibility index (Phi) is 5.48. The van der Waals surface area contributed by atoms with E-state index in [1.165, 1.54) is 0 Å². The minimum atomic E-state index is -0.0877. The van der Waals surface area contributed by atoms with Crippen LogP contribution in [0.2, 0.25) is 10.0 Å². The van der Waals surface area contributed by atoms with Crippen molar-refractivity contribution < 1.29 is 4.79 Å². The highest BCUT2D eigenvalue weighted by atomic mass is 35.5. The topological polar surface area (TPSA) is 41.1 Å². The average molecular weight is 323 g/mol. The molecule has 5 heteroatoms. The summed E-state index contributed by atoms with van der Waals surface area (Å²) in [4.78, 5) is 11.9. The molecule has 0 aromatic heterocycles. The van der Waals surface area contributed by atoms with E-state index < -0.39 is 0 Å². The second-order valence-electron chi connectivity index (χ2n) is 4.62. The molecule has 0 radical (unpaired) electrons. The summed E-state index contributed by atoms with van der Waals surface area (Å²) < 4.78 is 0. The van der Waals surface area contributed by atoms with Crippen LogP contribution in [0.5, 0.6) is 0 Å². The molecule has 0 fully saturated rings. The molecule has 0 aliphatic rings. The van der Waals surface area contributed by atoms with Crippen LogP contribution in [0.3, 0.4) is 0 Å². The first-order valence-electron chi connectivity index (χ1n) is 6.61. The number of hydrogen-bond acceptors (Lipinski definition) is 2. The molecule has 0 heterocycles. The summed E-state index contributed by atoms with van der Waals surface area (Å²) in [5.74, 6) is -0.0877. The molecule has 0 saturated carbocycles. The van der Waals surface area contributed by atoms with Gasteiger partial charge in [0.2, 0.25) is 5.91 Å². The highest BCUT2D eigenvalue weighted by Gasteiger charge is 2.06. The van der Waals surface area contributed by atoms with Gasteiger partial charge in [-0.1, -0.05) is 41.4 Å². The Hall–Kier alpha value is -1.71. The first kappa shape index (κ1) is 15.7. The summed E-state index contributed by atoms with van der Waals surface area (Å²) in [7, 11) is 0. The predicted molar refractivity (Wildman–Crippen MR) is 89.4 cm³/mol. The Labute approximate surface area is 134 Å². The monoisotopic (exact) mass is 322 g/mol. The SMILES string of the molecule is Cc1c(Cl)cccc1NCCC(=O)Nc1ccccc1Cl. The molecule has 0 unspecified atom stereocenters. The van der Waals surface area contributed by atoms with Crippen molar-refractivity contribution in [2.24, 2.45) is 0 Å². The standard InChI is InChI=1S/C16H16Cl2N2O/c1-11-12(17)6-4-8-14(11)19-10-9-16(21)20-15-7-3-2-5-13(15)18/h2-8,19H,9-10H2,1H3,(H,20,21). The van der Waals surface area contributed by atoms with E-state index in [-0.39, 0.29) is 5.91 Å². The fourth-order valence-electron chi connectivity index (χ4n) is 1.88. The molecular formula is C16H16Cl2N2O. The summed E-state index contributed by atoms with van der Waals surface area (Å²) in [5, 5.41) is 7.23. The molecule has 3 nitrogen and oxygen atoms in total. The van der Waals surface area contributed by atoms with Crippen LogP contribution in [0.15, 0.2) is 42.5 Å². The summed E-state index contributed by atoms with van der Waals surface area (Å²) >= 11 is 12.0. The van der Waals surface area contributed by atoms with Crippen LogP contribution in [-0.4, -0.2) is 12.5 Å². The maximum Gasteiger partial charge on any atom is 0.226 e. The zero-order chi connectivity index (χ0) is 15.2. The molecule has 2 rings (SSSR count).